The predicted octanol–water partition coefficient (Wildman–Crippen LogP) is 4.59. The minimum absolute atomic E-state index is 0.0833. The standard InChI is InChI=1S/C17H27NO/c1-3-4-5-6-9-12-17(2)13-15(18)14-10-7-8-11-16(14)19-17/h7-8,10-11,15H,3-6,9,12-13,18H2,1-2H3/t15-,17?/m1/s1. The third-order valence-electron chi connectivity index (χ3n) is 4.14. The van der Waals surface area contributed by atoms with Crippen molar-refractivity contribution in [1.29, 1.82) is 0 Å². The lowest BCUT2D eigenvalue weighted by atomic mass is 9.85. The fourth-order valence-electron chi connectivity index (χ4n) is 3.02. The van der Waals surface area contributed by atoms with Crippen LogP contribution < -0.4 is 10.5 Å². The maximum absolute atomic E-state index is 6.29. The summed E-state index contributed by atoms with van der Waals surface area (Å²) in [6, 6.07) is 8.31. The zero-order chi connectivity index (χ0) is 13.7. The Labute approximate surface area is 117 Å². The van der Waals surface area contributed by atoms with Crippen molar-refractivity contribution in [3.63, 3.8) is 0 Å². The average molecular weight is 261 g/mol. The molecular formula is C17H27NO. The van der Waals surface area contributed by atoms with E-state index in [1.54, 1.807) is 0 Å². The van der Waals surface area contributed by atoms with Crippen molar-refractivity contribution in [3.8, 4) is 5.75 Å². The summed E-state index contributed by atoms with van der Waals surface area (Å²) < 4.78 is 6.22. The molecule has 0 aliphatic carbocycles. The second kappa shape index (κ2) is 6.42. The number of ether oxygens (including phenoxy) is 1. The molecule has 1 aromatic rings. The average Bonchev–Trinajstić information content (AvgIpc) is 2.38. The quantitative estimate of drug-likeness (QED) is 0.760. The first-order chi connectivity index (χ1) is 9.14. The van der Waals surface area contributed by atoms with Gasteiger partial charge in [-0.1, -0.05) is 50.8 Å². The number of rotatable bonds is 6. The number of benzene rings is 1. The molecule has 0 amide bonds. The molecule has 1 unspecified atom stereocenters. The number of para-hydroxylation sites is 1. The van der Waals surface area contributed by atoms with Crippen molar-refractivity contribution < 1.29 is 4.74 Å². The molecule has 2 rings (SSSR count). The van der Waals surface area contributed by atoms with E-state index in [4.69, 9.17) is 10.5 Å². The molecule has 0 bridgehead atoms. The zero-order valence-corrected chi connectivity index (χ0v) is 12.3. The fraction of sp³-hybridized carbons (Fsp3) is 0.647. The lowest BCUT2D eigenvalue weighted by Gasteiger charge is -2.39. The van der Waals surface area contributed by atoms with Crippen LogP contribution in [0.4, 0.5) is 0 Å². The molecule has 1 aliphatic heterocycles. The van der Waals surface area contributed by atoms with Gasteiger partial charge < -0.3 is 10.5 Å². The SMILES string of the molecule is CCCCCCCC1(C)C[C@@H](N)c2ccccc2O1. The van der Waals surface area contributed by atoms with Crippen molar-refractivity contribution in [3.05, 3.63) is 29.8 Å². The van der Waals surface area contributed by atoms with Gasteiger partial charge in [-0.25, -0.2) is 0 Å². The monoisotopic (exact) mass is 261 g/mol. The Balaban J connectivity index is 1.91. The van der Waals surface area contributed by atoms with Crippen LogP contribution in [0.3, 0.4) is 0 Å². The van der Waals surface area contributed by atoms with Crippen LogP contribution in [0.25, 0.3) is 0 Å². The summed E-state index contributed by atoms with van der Waals surface area (Å²) in [5.41, 5.74) is 7.37. The lowest BCUT2D eigenvalue weighted by Crippen LogP contribution is -2.40. The Bertz CT molecular complexity index is 404. The highest BCUT2D eigenvalue weighted by Gasteiger charge is 2.34. The Kier molecular flexibility index (Phi) is 4.87. The van der Waals surface area contributed by atoms with Crippen LogP contribution in [-0.4, -0.2) is 5.60 Å². The number of fused-ring (bicyclic) bond motifs is 1. The molecule has 0 saturated carbocycles. The van der Waals surface area contributed by atoms with E-state index in [0.717, 1.165) is 24.2 Å². The minimum atomic E-state index is -0.0833. The van der Waals surface area contributed by atoms with E-state index in [-0.39, 0.29) is 11.6 Å². The molecular weight excluding hydrogens is 234 g/mol. The molecule has 2 heteroatoms. The molecule has 0 fully saturated rings. The third kappa shape index (κ3) is 3.73. The van der Waals surface area contributed by atoms with Gasteiger partial charge in [-0.3, -0.25) is 0 Å². The fourth-order valence-corrected chi connectivity index (χ4v) is 3.02. The van der Waals surface area contributed by atoms with E-state index in [1.807, 2.05) is 18.2 Å². The van der Waals surface area contributed by atoms with Gasteiger partial charge in [0.15, 0.2) is 0 Å². The minimum Gasteiger partial charge on any atom is -0.487 e. The number of nitrogens with two attached hydrogens (primary N) is 1. The van der Waals surface area contributed by atoms with Gasteiger partial charge in [-0.05, 0) is 25.8 Å². The maximum atomic E-state index is 6.29. The van der Waals surface area contributed by atoms with E-state index in [1.165, 1.54) is 32.1 Å². The van der Waals surface area contributed by atoms with E-state index in [0.29, 0.717) is 0 Å². The highest BCUT2D eigenvalue weighted by atomic mass is 16.5. The van der Waals surface area contributed by atoms with Gasteiger partial charge in [0.2, 0.25) is 0 Å². The molecule has 2 nitrogen and oxygen atoms in total. The van der Waals surface area contributed by atoms with Crippen LogP contribution in [0.15, 0.2) is 24.3 Å². The molecule has 19 heavy (non-hydrogen) atoms. The molecule has 0 radical (unpaired) electrons. The topological polar surface area (TPSA) is 35.2 Å². The smallest absolute Gasteiger partial charge is 0.124 e. The lowest BCUT2D eigenvalue weighted by molar-refractivity contribution is 0.0430. The zero-order valence-electron chi connectivity index (χ0n) is 12.3. The van der Waals surface area contributed by atoms with Crippen molar-refractivity contribution >= 4 is 0 Å². The third-order valence-corrected chi connectivity index (χ3v) is 4.14. The number of unbranched alkanes of at least 4 members (excludes halogenated alkanes) is 4. The molecule has 2 atom stereocenters. The number of hydrogen-bond acceptors (Lipinski definition) is 2. The molecule has 2 N–H and O–H groups in total. The Morgan fingerprint density at radius 3 is 2.74 bits per heavy atom. The van der Waals surface area contributed by atoms with Crippen LogP contribution in [0.1, 0.15) is 70.4 Å². The maximum Gasteiger partial charge on any atom is 0.124 e. The van der Waals surface area contributed by atoms with Gasteiger partial charge in [0.25, 0.3) is 0 Å². The first kappa shape index (κ1) is 14.4. The molecule has 0 saturated heterocycles. The van der Waals surface area contributed by atoms with Crippen LogP contribution in [0.2, 0.25) is 0 Å². The predicted molar refractivity (Wildman–Crippen MR) is 80.4 cm³/mol. The Morgan fingerprint density at radius 1 is 1.21 bits per heavy atom. The molecule has 1 aromatic carbocycles. The highest BCUT2D eigenvalue weighted by Crippen LogP contribution is 2.40. The summed E-state index contributed by atoms with van der Waals surface area (Å²) in [5, 5.41) is 0. The first-order valence-electron chi connectivity index (χ1n) is 7.68. The summed E-state index contributed by atoms with van der Waals surface area (Å²) in [4.78, 5) is 0. The van der Waals surface area contributed by atoms with Crippen LogP contribution in [0, 0.1) is 0 Å². The molecule has 1 heterocycles. The van der Waals surface area contributed by atoms with Crippen LogP contribution in [0.5, 0.6) is 5.75 Å². The Morgan fingerprint density at radius 2 is 1.95 bits per heavy atom. The van der Waals surface area contributed by atoms with Crippen molar-refractivity contribution in [2.75, 3.05) is 0 Å². The molecule has 0 spiro atoms. The van der Waals surface area contributed by atoms with E-state index in [9.17, 15) is 0 Å². The van der Waals surface area contributed by atoms with Crippen LogP contribution in [-0.2, 0) is 0 Å². The normalized spacial score (nSPS) is 25.7. The van der Waals surface area contributed by atoms with Crippen molar-refractivity contribution in [2.45, 2.75) is 70.4 Å². The Hall–Kier alpha value is -1.02. The van der Waals surface area contributed by atoms with E-state index >= 15 is 0 Å². The molecule has 0 aromatic heterocycles. The van der Waals surface area contributed by atoms with Crippen molar-refractivity contribution in [1.82, 2.24) is 0 Å². The molecule has 106 valence electrons. The molecule has 1 aliphatic rings. The van der Waals surface area contributed by atoms with Gasteiger partial charge in [0.1, 0.15) is 11.4 Å². The van der Waals surface area contributed by atoms with Gasteiger partial charge in [-0.15, -0.1) is 0 Å². The highest BCUT2D eigenvalue weighted by molar-refractivity contribution is 5.38. The second-order valence-corrected chi connectivity index (χ2v) is 6.06. The summed E-state index contributed by atoms with van der Waals surface area (Å²) >= 11 is 0. The van der Waals surface area contributed by atoms with Gasteiger partial charge in [0, 0.05) is 18.0 Å². The van der Waals surface area contributed by atoms with Gasteiger partial charge >= 0.3 is 0 Å². The van der Waals surface area contributed by atoms with Crippen molar-refractivity contribution in [2.24, 2.45) is 5.73 Å². The van der Waals surface area contributed by atoms with E-state index < -0.39 is 0 Å². The van der Waals surface area contributed by atoms with E-state index in [2.05, 4.69) is 19.9 Å². The summed E-state index contributed by atoms with van der Waals surface area (Å²) in [7, 11) is 0. The summed E-state index contributed by atoms with van der Waals surface area (Å²) in [6.07, 6.45) is 8.58. The first-order valence-corrected chi connectivity index (χ1v) is 7.68. The summed E-state index contributed by atoms with van der Waals surface area (Å²) in [5.74, 6) is 0.984. The van der Waals surface area contributed by atoms with Gasteiger partial charge in [0.05, 0.1) is 0 Å². The van der Waals surface area contributed by atoms with Crippen LogP contribution >= 0.6 is 0 Å². The number of hydrogen-bond donors (Lipinski definition) is 1. The summed E-state index contributed by atoms with van der Waals surface area (Å²) in [6.45, 7) is 4.46. The largest absolute Gasteiger partial charge is 0.487 e. The second-order valence-electron chi connectivity index (χ2n) is 6.06. The van der Waals surface area contributed by atoms with Gasteiger partial charge in [-0.2, -0.15) is 0 Å².